The van der Waals surface area contributed by atoms with E-state index in [0.29, 0.717) is 24.5 Å². The van der Waals surface area contributed by atoms with Crippen molar-refractivity contribution < 1.29 is 9.53 Å². The van der Waals surface area contributed by atoms with Gasteiger partial charge in [0.15, 0.2) is 5.82 Å². The number of hydrogen-bond donors (Lipinski definition) is 0. The number of carbonyl (C=O) groups excluding carboxylic acids is 1. The Labute approximate surface area is 231 Å². The van der Waals surface area contributed by atoms with Crippen LogP contribution in [0.4, 0.5) is 0 Å². The van der Waals surface area contributed by atoms with Crippen molar-refractivity contribution in [2.45, 2.75) is 58.2 Å². The first-order valence-corrected chi connectivity index (χ1v) is 17.8. The minimum absolute atomic E-state index is 0.293. The van der Waals surface area contributed by atoms with Crippen molar-refractivity contribution in [3.63, 3.8) is 0 Å². The van der Waals surface area contributed by atoms with Gasteiger partial charge in [-0.05, 0) is 48.9 Å². The molecule has 1 aliphatic carbocycles. The van der Waals surface area contributed by atoms with Crippen LogP contribution in [0.25, 0.3) is 33.5 Å². The van der Waals surface area contributed by atoms with Crippen LogP contribution < -0.4 is 0 Å². The van der Waals surface area contributed by atoms with Gasteiger partial charge in [0.05, 0.1) is 11.0 Å². The number of ether oxygens (including phenoxy) is 1. The summed E-state index contributed by atoms with van der Waals surface area (Å²) in [6.45, 7) is 11.0. The summed E-state index contributed by atoms with van der Waals surface area (Å²) in [6, 6.07) is 13.9. The Kier molecular flexibility index (Phi) is 7.11. The predicted molar refractivity (Wildman–Crippen MR) is 156 cm³/mol. The lowest BCUT2D eigenvalue weighted by atomic mass is 10.0. The Morgan fingerprint density at radius 1 is 1.03 bits per heavy atom. The average molecular weight is 543 g/mol. The van der Waals surface area contributed by atoms with Gasteiger partial charge in [-0.25, -0.2) is 0 Å². The number of rotatable bonds is 10. The van der Waals surface area contributed by atoms with Crippen molar-refractivity contribution >= 4 is 25.0 Å². The molecule has 4 aromatic rings. The second kappa shape index (κ2) is 10.7. The number of pyridine rings is 1. The van der Waals surface area contributed by atoms with Gasteiger partial charge in [0.25, 0.3) is 0 Å². The van der Waals surface area contributed by atoms with Crippen LogP contribution in [0.1, 0.15) is 19.3 Å². The third-order valence-electron chi connectivity index (χ3n) is 7.92. The van der Waals surface area contributed by atoms with Crippen LogP contribution in [0, 0.1) is 11.8 Å². The summed E-state index contributed by atoms with van der Waals surface area (Å²) in [7, 11) is -1.10. The second-order valence-corrected chi connectivity index (χ2v) is 18.0. The van der Waals surface area contributed by atoms with Gasteiger partial charge in [0, 0.05) is 63.8 Å². The maximum Gasteiger partial charge on any atom is 0.225 e. The summed E-state index contributed by atoms with van der Waals surface area (Å²) in [5.74, 6) is 1.95. The van der Waals surface area contributed by atoms with Crippen molar-refractivity contribution in [2.75, 3.05) is 19.7 Å². The monoisotopic (exact) mass is 542 g/mol. The number of aromatic nitrogens is 5. The van der Waals surface area contributed by atoms with E-state index in [1.807, 2.05) is 18.6 Å². The van der Waals surface area contributed by atoms with Gasteiger partial charge in [0.2, 0.25) is 5.91 Å². The molecule has 1 saturated carbocycles. The third kappa shape index (κ3) is 5.99. The van der Waals surface area contributed by atoms with Gasteiger partial charge in [-0.1, -0.05) is 43.9 Å². The van der Waals surface area contributed by atoms with Crippen molar-refractivity contribution in [1.29, 1.82) is 0 Å². The SMILES string of the molecule is C[Si](C)(C)CCOCn1ccc2ncc(-c3ccc(-c4nncn4C[C@@H]4CCN(C(=O)C5CC5)C4)cc3)cc21. The zero-order chi connectivity index (χ0) is 27.0. The van der Waals surface area contributed by atoms with Gasteiger partial charge in [-0.3, -0.25) is 9.78 Å². The van der Waals surface area contributed by atoms with Gasteiger partial charge < -0.3 is 18.8 Å². The highest BCUT2D eigenvalue weighted by Crippen LogP contribution is 2.33. The minimum Gasteiger partial charge on any atom is -0.361 e. The van der Waals surface area contributed by atoms with Gasteiger partial charge in [-0.2, -0.15) is 0 Å². The van der Waals surface area contributed by atoms with Gasteiger partial charge >= 0.3 is 0 Å². The molecule has 1 atom stereocenters. The standard InChI is InChI=1S/C30H38N6O2Si/c1-39(2,3)15-14-38-21-35-13-11-27-28(35)16-26(17-31-27)23-4-6-24(7-5-23)29-33-32-20-36(29)19-22-10-12-34(18-22)30(37)25-8-9-25/h4-7,11,13,16-17,20,22,25H,8-10,12,14-15,18-19,21H2,1-3H3/t22-/m1/s1. The molecule has 1 amide bonds. The first kappa shape index (κ1) is 25.9. The van der Waals surface area contributed by atoms with Crippen LogP contribution in [0.2, 0.25) is 25.7 Å². The van der Waals surface area contributed by atoms with Crippen LogP contribution in [-0.2, 0) is 22.8 Å². The molecule has 0 spiro atoms. The summed E-state index contributed by atoms with van der Waals surface area (Å²) in [5, 5.41) is 8.63. The van der Waals surface area contributed by atoms with Crippen molar-refractivity contribution in [2.24, 2.45) is 11.8 Å². The van der Waals surface area contributed by atoms with E-state index >= 15 is 0 Å². The molecule has 4 heterocycles. The Morgan fingerprint density at radius 2 is 1.82 bits per heavy atom. The lowest BCUT2D eigenvalue weighted by molar-refractivity contribution is -0.131. The summed E-state index contributed by atoms with van der Waals surface area (Å²) in [5.41, 5.74) is 5.27. The number of likely N-dealkylation sites (tertiary alicyclic amines) is 1. The van der Waals surface area contributed by atoms with E-state index in [4.69, 9.17) is 9.72 Å². The van der Waals surface area contributed by atoms with E-state index in [9.17, 15) is 4.79 Å². The molecule has 0 unspecified atom stereocenters. The van der Waals surface area contributed by atoms with Crippen molar-refractivity contribution in [1.82, 2.24) is 29.2 Å². The van der Waals surface area contributed by atoms with Crippen LogP contribution in [0.3, 0.4) is 0 Å². The fourth-order valence-corrected chi connectivity index (χ4v) is 6.10. The highest BCUT2D eigenvalue weighted by atomic mass is 28.3. The normalized spacial score (nSPS) is 17.8. The number of fused-ring (bicyclic) bond motifs is 1. The summed E-state index contributed by atoms with van der Waals surface area (Å²) in [4.78, 5) is 19.2. The third-order valence-corrected chi connectivity index (χ3v) is 9.62. The smallest absolute Gasteiger partial charge is 0.225 e. The highest BCUT2D eigenvalue weighted by molar-refractivity contribution is 6.76. The molecule has 6 rings (SSSR count). The minimum atomic E-state index is -1.10. The number of carbonyl (C=O) groups is 1. The number of nitrogens with zero attached hydrogens (tertiary/aromatic N) is 6. The first-order chi connectivity index (χ1) is 18.8. The zero-order valence-corrected chi connectivity index (χ0v) is 24.2. The molecular formula is C30H38N6O2Si. The molecule has 0 radical (unpaired) electrons. The summed E-state index contributed by atoms with van der Waals surface area (Å²) in [6.07, 6.45) is 8.97. The summed E-state index contributed by atoms with van der Waals surface area (Å²) < 4.78 is 10.3. The largest absolute Gasteiger partial charge is 0.361 e. The van der Waals surface area contributed by atoms with Crippen LogP contribution in [0.5, 0.6) is 0 Å². The van der Waals surface area contributed by atoms with Crippen molar-refractivity contribution in [3.05, 3.63) is 55.1 Å². The fourth-order valence-electron chi connectivity index (χ4n) is 5.35. The maximum absolute atomic E-state index is 12.4. The van der Waals surface area contributed by atoms with Gasteiger partial charge in [-0.15, -0.1) is 10.2 Å². The fraction of sp³-hybridized carbons (Fsp3) is 0.467. The number of amides is 1. The topological polar surface area (TPSA) is 78.1 Å². The van der Waals surface area contributed by atoms with Gasteiger partial charge in [0.1, 0.15) is 13.1 Å². The Morgan fingerprint density at radius 3 is 2.59 bits per heavy atom. The molecule has 39 heavy (non-hydrogen) atoms. The molecular weight excluding hydrogens is 504 g/mol. The molecule has 3 aromatic heterocycles. The molecule has 2 aliphatic rings. The molecule has 1 saturated heterocycles. The molecule has 1 aliphatic heterocycles. The Bertz CT molecular complexity index is 1450. The molecule has 0 N–H and O–H groups in total. The van der Waals surface area contributed by atoms with E-state index in [0.717, 1.165) is 85.1 Å². The predicted octanol–water partition coefficient (Wildman–Crippen LogP) is 5.53. The molecule has 1 aromatic carbocycles. The van der Waals surface area contributed by atoms with E-state index < -0.39 is 8.07 Å². The quantitative estimate of drug-likeness (QED) is 0.194. The molecule has 204 valence electrons. The first-order valence-electron chi connectivity index (χ1n) is 14.1. The van der Waals surface area contributed by atoms with Crippen LogP contribution in [0.15, 0.2) is 55.1 Å². The highest BCUT2D eigenvalue weighted by Gasteiger charge is 2.36. The number of benzene rings is 1. The van der Waals surface area contributed by atoms with E-state index in [2.05, 4.69) is 80.4 Å². The molecule has 9 heteroatoms. The molecule has 8 nitrogen and oxygen atoms in total. The van der Waals surface area contributed by atoms with Crippen LogP contribution >= 0.6 is 0 Å². The molecule has 2 fully saturated rings. The Balaban J connectivity index is 1.12. The Hall–Kier alpha value is -3.30. The maximum atomic E-state index is 12.4. The second-order valence-electron chi connectivity index (χ2n) is 12.4. The number of hydrogen-bond acceptors (Lipinski definition) is 5. The summed E-state index contributed by atoms with van der Waals surface area (Å²) >= 11 is 0. The average Bonchev–Trinajstić information content (AvgIpc) is 3.30. The van der Waals surface area contributed by atoms with E-state index in [1.54, 1.807) is 0 Å². The van der Waals surface area contributed by atoms with E-state index in [1.165, 1.54) is 0 Å². The lowest BCUT2D eigenvalue weighted by Crippen LogP contribution is -2.30. The van der Waals surface area contributed by atoms with E-state index in [-0.39, 0.29) is 0 Å². The van der Waals surface area contributed by atoms with Crippen molar-refractivity contribution in [3.8, 4) is 22.5 Å². The lowest BCUT2D eigenvalue weighted by Gasteiger charge is -2.17. The molecule has 0 bridgehead atoms. The van der Waals surface area contributed by atoms with Crippen LogP contribution in [-0.4, -0.2) is 62.9 Å². The zero-order valence-electron chi connectivity index (χ0n) is 23.2.